The minimum atomic E-state index is -0.182. The molecule has 2 fully saturated rings. The van der Waals surface area contributed by atoms with Gasteiger partial charge in [0.05, 0.1) is 4.47 Å². The molecule has 1 aliphatic heterocycles. The number of rotatable bonds is 5. The maximum absolute atomic E-state index is 13.3. The van der Waals surface area contributed by atoms with Crippen LogP contribution in [0.5, 0.6) is 0 Å². The van der Waals surface area contributed by atoms with Gasteiger partial charge in [-0.3, -0.25) is 4.90 Å². The molecule has 0 bridgehead atoms. The SMILES string of the molecule is Fc1ccc(CN2CCCC(CNC3CC3)C2)cc1Br. The van der Waals surface area contributed by atoms with E-state index in [4.69, 9.17) is 0 Å². The summed E-state index contributed by atoms with van der Waals surface area (Å²) in [4.78, 5) is 2.50. The van der Waals surface area contributed by atoms with E-state index in [-0.39, 0.29) is 5.82 Å². The highest BCUT2D eigenvalue weighted by molar-refractivity contribution is 9.10. The van der Waals surface area contributed by atoms with Crippen LogP contribution in [0.15, 0.2) is 22.7 Å². The van der Waals surface area contributed by atoms with E-state index in [2.05, 4.69) is 26.1 Å². The Labute approximate surface area is 128 Å². The third kappa shape index (κ3) is 4.03. The highest BCUT2D eigenvalue weighted by Crippen LogP contribution is 2.23. The van der Waals surface area contributed by atoms with E-state index in [1.54, 1.807) is 6.07 Å². The number of halogens is 2. The Kier molecular flexibility index (Phi) is 4.74. The molecular formula is C16H22BrFN2. The predicted octanol–water partition coefficient (Wildman–Crippen LogP) is 3.55. The number of likely N-dealkylation sites (tertiary alicyclic amines) is 1. The molecule has 2 aliphatic rings. The van der Waals surface area contributed by atoms with Crippen molar-refractivity contribution < 1.29 is 4.39 Å². The van der Waals surface area contributed by atoms with Gasteiger partial charge in [0.25, 0.3) is 0 Å². The molecule has 20 heavy (non-hydrogen) atoms. The summed E-state index contributed by atoms with van der Waals surface area (Å²) in [6.07, 6.45) is 5.34. The molecule has 4 heteroatoms. The molecule has 0 aromatic heterocycles. The first-order valence-corrected chi connectivity index (χ1v) is 8.39. The van der Waals surface area contributed by atoms with Gasteiger partial charge in [0.1, 0.15) is 5.82 Å². The van der Waals surface area contributed by atoms with E-state index >= 15 is 0 Å². The molecule has 1 aliphatic carbocycles. The lowest BCUT2D eigenvalue weighted by atomic mass is 9.97. The van der Waals surface area contributed by atoms with Crippen LogP contribution in [0.4, 0.5) is 4.39 Å². The zero-order chi connectivity index (χ0) is 13.9. The van der Waals surface area contributed by atoms with Crippen LogP contribution in [0, 0.1) is 11.7 Å². The minimum absolute atomic E-state index is 0.182. The summed E-state index contributed by atoms with van der Waals surface area (Å²) in [5.41, 5.74) is 1.19. The quantitative estimate of drug-likeness (QED) is 0.881. The molecule has 0 spiro atoms. The first-order chi connectivity index (χ1) is 9.70. The lowest BCUT2D eigenvalue weighted by Crippen LogP contribution is -2.39. The lowest BCUT2D eigenvalue weighted by molar-refractivity contribution is 0.165. The smallest absolute Gasteiger partial charge is 0.137 e. The summed E-state index contributed by atoms with van der Waals surface area (Å²) >= 11 is 3.27. The van der Waals surface area contributed by atoms with Gasteiger partial charge in [-0.25, -0.2) is 4.39 Å². The van der Waals surface area contributed by atoms with Gasteiger partial charge in [-0.2, -0.15) is 0 Å². The van der Waals surface area contributed by atoms with E-state index in [1.807, 2.05) is 12.1 Å². The third-order valence-electron chi connectivity index (χ3n) is 4.27. The zero-order valence-corrected chi connectivity index (χ0v) is 13.3. The fourth-order valence-corrected chi connectivity index (χ4v) is 3.40. The average Bonchev–Trinajstić information content (AvgIpc) is 3.25. The summed E-state index contributed by atoms with van der Waals surface area (Å²) in [7, 11) is 0. The highest BCUT2D eigenvalue weighted by atomic mass is 79.9. The largest absolute Gasteiger partial charge is 0.314 e. The molecule has 1 aromatic carbocycles. The van der Waals surface area contributed by atoms with Crippen molar-refractivity contribution in [3.05, 3.63) is 34.1 Å². The molecule has 3 rings (SSSR count). The first kappa shape index (κ1) is 14.5. The number of nitrogens with zero attached hydrogens (tertiary/aromatic N) is 1. The lowest BCUT2D eigenvalue weighted by Gasteiger charge is -2.33. The fourth-order valence-electron chi connectivity index (χ4n) is 2.98. The van der Waals surface area contributed by atoms with Crippen molar-refractivity contribution in [2.24, 2.45) is 5.92 Å². The van der Waals surface area contributed by atoms with Crippen LogP contribution in [-0.2, 0) is 6.54 Å². The van der Waals surface area contributed by atoms with Crippen LogP contribution in [0.2, 0.25) is 0 Å². The van der Waals surface area contributed by atoms with Gasteiger partial charge in [0, 0.05) is 19.1 Å². The second-order valence-electron chi connectivity index (χ2n) is 6.17. The van der Waals surface area contributed by atoms with Crippen molar-refractivity contribution in [2.45, 2.75) is 38.3 Å². The van der Waals surface area contributed by atoms with Crippen molar-refractivity contribution in [1.82, 2.24) is 10.2 Å². The van der Waals surface area contributed by atoms with Crippen molar-refractivity contribution in [3.8, 4) is 0 Å². The zero-order valence-electron chi connectivity index (χ0n) is 11.7. The number of benzene rings is 1. The molecule has 0 amide bonds. The van der Waals surface area contributed by atoms with Crippen molar-refractivity contribution in [2.75, 3.05) is 19.6 Å². The van der Waals surface area contributed by atoms with Crippen LogP contribution < -0.4 is 5.32 Å². The average molecular weight is 341 g/mol. The van der Waals surface area contributed by atoms with Crippen LogP contribution in [0.25, 0.3) is 0 Å². The van der Waals surface area contributed by atoms with Gasteiger partial charge in [0.15, 0.2) is 0 Å². The Bertz CT molecular complexity index is 462. The fraction of sp³-hybridized carbons (Fsp3) is 0.625. The maximum Gasteiger partial charge on any atom is 0.137 e. The van der Waals surface area contributed by atoms with Crippen molar-refractivity contribution >= 4 is 15.9 Å². The summed E-state index contributed by atoms with van der Waals surface area (Å²) < 4.78 is 13.8. The molecule has 1 heterocycles. The first-order valence-electron chi connectivity index (χ1n) is 7.60. The summed E-state index contributed by atoms with van der Waals surface area (Å²) in [5, 5.41) is 3.64. The molecule has 1 saturated carbocycles. The molecule has 0 radical (unpaired) electrons. The molecule has 1 N–H and O–H groups in total. The van der Waals surface area contributed by atoms with Gasteiger partial charge in [-0.15, -0.1) is 0 Å². The Morgan fingerprint density at radius 1 is 1.30 bits per heavy atom. The molecule has 110 valence electrons. The molecule has 1 atom stereocenters. The maximum atomic E-state index is 13.3. The monoisotopic (exact) mass is 340 g/mol. The van der Waals surface area contributed by atoms with Gasteiger partial charge >= 0.3 is 0 Å². The number of nitrogens with one attached hydrogen (secondary N) is 1. The second kappa shape index (κ2) is 6.54. The Balaban J connectivity index is 1.51. The van der Waals surface area contributed by atoms with Crippen LogP contribution in [-0.4, -0.2) is 30.6 Å². The Morgan fingerprint density at radius 3 is 2.90 bits per heavy atom. The Hall–Kier alpha value is -0.450. The van der Waals surface area contributed by atoms with E-state index in [0.29, 0.717) is 4.47 Å². The van der Waals surface area contributed by atoms with Gasteiger partial charge in [-0.05, 0) is 78.3 Å². The molecule has 1 aromatic rings. The van der Waals surface area contributed by atoms with Crippen LogP contribution in [0.1, 0.15) is 31.2 Å². The highest BCUT2D eigenvalue weighted by Gasteiger charge is 2.24. The summed E-state index contributed by atoms with van der Waals surface area (Å²) in [6, 6.07) is 6.15. The van der Waals surface area contributed by atoms with E-state index in [9.17, 15) is 4.39 Å². The minimum Gasteiger partial charge on any atom is -0.314 e. The normalized spacial score (nSPS) is 24.0. The summed E-state index contributed by atoms with van der Waals surface area (Å²) in [6.45, 7) is 4.41. The van der Waals surface area contributed by atoms with Crippen LogP contribution in [0.3, 0.4) is 0 Å². The van der Waals surface area contributed by atoms with E-state index in [0.717, 1.165) is 38.1 Å². The van der Waals surface area contributed by atoms with Gasteiger partial charge in [0.2, 0.25) is 0 Å². The molecule has 2 nitrogen and oxygen atoms in total. The number of hydrogen-bond acceptors (Lipinski definition) is 2. The van der Waals surface area contributed by atoms with Crippen LogP contribution >= 0.6 is 15.9 Å². The number of piperidine rings is 1. The third-order valence-corrected chi connectivity index (χ3v) is 4.87. The topological polar surface area (TPSA) is 15.3 Å². The molecule has 1 unspecified atom stereocenters. The van der Waals surface area contributed by atoms with E-state index < -0.39 is 0 Å². The van der Waals surface area contributed by atoms with Gasteiger partial charge < -0.3 is 5.32 Å². The number of hydrogen-bond donors (Lipinski definition) is 1. The van der Waals surface area contributed by atoms with Gasteiger partial charge in [-0.1, -0.05) is 6.07 Å². The Morgan fingerprint density at radius 2 is 2.15 bits per heavy atom. The predicted molar refractivity (Wildman–Crippen MR) is 83.1 cm³/mol. The molecule has 1 saturated heterocycles. The second-order valence-corrected chi connectivity index (χ2v) is 7.03. The standard InChI is InChI=1S/C16H22BrFN2/c17-15-8-12(3-6-16(15)18)10-20-7-1-2-13(11-20)9-19-14-4-5-14/h3,6,8,13-14,19H,1-2,4-5,7,9-11H2. The van der Waals surface area contributed by atoms with Crippen molar-refractivity contribution in [1.29, 1.82) is 0 Å². The van der Waals surface area contributed by atoms with Crippen molar-refractivity contribution in [3.63, 3.8) is 0 Å². The molecular weight excluding hydrogens is 319 g/mol. The summed E-state index contributed by atoms with van der Waals surface area (Å²) in [5.74, 6) is 0.590. The van der Waals surface area contributed by atoms with E-state index in [1.165, 1.54) is 31.2 Å².